The zero-order chi connectivity index (χ0) is 13.4. The van der Waals surface area contributed by atoms with Gasteiger partial charge in [0.1, 0.15) is 5.54 Å². The minimum absolute atomic E-state index is 0.272. The number of hydrogen-bond acceptors (Lipinski definition) is 3. The van der Waals surface area contributed by atoms with Crippen molar-refractivity contribution in [2.24, 2.45) is 5.41 Å². The SMILES string of the molecule is CC(C)NC1(C#N)CCC(N2CCC(C)(C)C2)C1. The van der Waals surface area contributed by atoms with Gasteiger partial charge >= 0.3 is 0 Å². The summed E-state index contributed by atoms with van der Waals surface area (Å²) in [5.41, 5.74) is 0.189. The molecule has 0 amide bonds. The van der Waals surface area contributed by atoms with Gasteiger partial charge in [-0.1, -0.05) is 13.8 Å². The molecule has 1 saturated heterocycles. The zero-order valence-corrected chi connectivity index (χ0v) is 12.3. The summed E-state index contributed by atoms with van der Waals surface area (Å²) < 4.78 is 0. The molecule has 2 atom stereocenters. The fourth-order valence-corrected chi connectivity index (χ4v) is 3.61. The molecule has 1 saturated carbocycles. The van der Waals surface area contributed by atoms with Gasteiger partial charge in [0.05, 0.1) is 6.07 Å². The summed E-state index contributed by atoms with van der Waals surface area (Å²) in [4.78, 5) is 2.61. The first kappa shape index (κ1) is 13.8. The van der Waals surface area contributed by atoms with Gasteiger partial charge in [-0.25, -0.2) is 0 Å². The lowest BCUT2D eigenvalue weighted by molar-refractivity contribution is 0.211. The molecule has 2 rings (SSSR count). The zero-order valence-electron chi connectivity index (χ0n) is 12.3. The molecular formula is C15H27N3. The lowest BCUT2D eigenvalue weighted by Gasteiger charge is -2.29. The van der Waals surface area contributed by atoms with Gasteiger partial charge in [-0.3, -0.25) is 10.2 Å². The minimum Gasteiger partial charge on any atom is -0.300 e. The van der Waals surface area contributed by atoms with Gasteiger partial charge < -0.3 is 0 Å². The molecule has 2 aliphatic rings. The monoisotopic (exact) mass is 249 g/mol. The van der Waals surface area contributed by atoms with Gasteiger partial charge in [0.15, 0.2) is 0 Å². The van der Waals surface area contributed by atoms with E-state index >= 15 is 0 Å². The summed E-state index contributed by atoms with van der Waals surface area (Å²) >= 11 is 0. The Bertz CT molecular complexity index is 342. The molecule has 0 bridgehead atoms. The first-order chi connectivity index (χ1) is 8.36. The van der Waals surface area contributed by atoms with E-state index in [2.05, 4.69) is 44.0 Å². The second kappa shape index (κ2) is 4.83. The first-order valence-corrected chi connectivity index (χ1v) is 7.29. The standard InChI is InChI=1S/C15H27N3/c1-12(2)17-15(10-16)6-5-13(9-15)18-8-7-14(3,4)11-18/h12-13,17H,5-9,11H2,1-4H3. The molecule has 2 unspecified atom stereocenters. The fourth-order valence-electron chi connectivity index (χ4n) is 3.61. The summed E-state index contributed by atoms with van der Waals surface area (Å²) in [6, 6.07) is 3.54. The van der Waals surface area contributed by atoms with Crippen LogP contribution >= 0.6 is 0 Å². The van der Waals surface area contributed by atoms with Crippen molar-refractivity contribution >= 4 is 0 Å². The third-order valence-corrected chi connectivity index (χ3v) is 4.49. The van der Waals surface area contributed by atoms with E-state index in [1.807, 2.05) is 0 Å². The Morgan fingerprint density at radius 1 is 1.33 bits per heavy atom. The van der Waals surface area contributed by atoms with Crippen molar-refractivity contribution in [3.05, 3.63) is 0 Å². The maximum Gasteiger partial charge on any atom is 0.108 e. The molecule has 3 heteroatoms. The Kier molecular flexibility index (Phi) is 3.71. The number of rotatable bonds is 3. The molecule has 1 N–H and O–H groups in total. The lowest BCUT2D eigenvalue weighted by atomic mass is 9.93. The third-order valence-electron chi connectivity index (χ3n) is 4.49. The van der Waals surface area contributed by atoms with Gasteiger partial charge in [0.25, 0.3) is 0 Å². The Hall–Kier alpha value is -0.590. The van der Waals surface area contributed by atoms with Crippen LogP contribution in [0.3, 0.4) is 0 Å². The van der Waals surface area contributed by atoms with Crippen LogP contribution in [0, 0.1) is 16.7 Å². The Labute approximate surface area is 112 Å². The van der Waals surface area contributed by atoms with Crippen LogP contribution in [0.15, 0.2) is 0 Å². The second-order valence-electron chi connectivity index (χ2n) is 7.27. The van der Waals surface area contributed by atoms with E-state index in [1.165, 1.54) is 25.9 Å². The van der Waals surface area contributed by atoms with Gasteiger partial charge in [-0.15, -0.1) is 0 Å². The molecule has 0 aromatic heterocycles. The van der Waals surface area contributed by atoms with Crippen LogP contribution in [0.25, 0.3) is 0 Å². The van der Waals surface area contributed by atoms with Crippen molar-refractivity contribution in [3.8, 4) is 6.07 Å². The number of likely N-dealkylation sites (tertiary alicyclic amines) is 1. The summed E-state index contributed by atoms with van der Waals surface area (Å²) in [6.07, 6.45) is 4.46. The molecule has 0 radical (unpaired) electrons. The Balaban J connectivity index is 1.98. The molecular weight excluding hydrogens is 222 g/mol. The van der Waals surface area contributed by atoms with Gasteiger partial charge in [-0.05, 0) is 51.5 Å². The Morgan fingerprint density at radius 3 is 2.56 bits per heavy atom. The summed E-state index contributed by atoms with van der Waals surface area (Å²) in [5, 5.41) is 13.0. The highest BCUT2D eigenvalue weighted by atomic mass is 15.2. The van der Waals surface area contributed by atoms with Crippen LogP contribution < -0.4 is 5.32 Å². The van der Waals surface area contributed by atoms with Gasteiger partial charge in [0.2, 0.25) is 0 Å². The number of nitrogens with one attached hydrogen (secondary N) is 1. The molecule has 3 nitrogen and oxygen atoms in total. The predicted octanol–water partition coefficient (Wildman–Crippen LogP) is 2.53. The second-order valence-corrected chi connectivity index (χ2v) is 7.27. The van der Waals surface area contributed by atoms with Crippen molar-refractivity contribution < 1.29 is 0 Å². The maximum absolute atomic E-state index is 9.50. The summed E-state index contributed by atoms with van der Waals surface area (Å²) in [7, 11) is 0. The van der Waals surface area contributed by atoms with Crippen LogP contribution in [0.1, 0.15) is 53.4 Å². The molecule has 1 aliphatic heterocycles. The number of nitriles is 1. The van der Waals surface area contributed by atoms with E-state index in [1.54, 1.807) is 0 Å². The quantitative estimate of drug-likeness (QED) is 0.835. The van der Waals surface area contributed by atoms with Crippen molar-refractivity contribution in [3.63, 3.8) is 0 Å². The highest BCUT2D eigenvalue weighted by Gasteiger charge is 2.44. The Morgan fingerprint density at radius 2 is 2.06 bits per heavy atom. The molecule has 102 valence electrons. The molecule has 1 heterocycles. The average Bonchev–Trinajstić information content (AvgIpc) is 2.82. The molecule has 0 aromatic carbocycles. The average molecular weight is 249 g/mol. The number of nitrogens with zero attached hydrogens (tertiary/aromatic N) is 2. The topological polar surface area (TPSA) is 39.1 Å². The maximum atomic E-state index is 9.50. The normalized spacial score (nSPS) is 36.1. The molecule has 1 aliphatic carbocycles. The highest BCUT2D eigenvalue weighted by molar-refractivity contribution is 5.14. The van der Waals surface area contributed by atoms with Crippen molar-refractivity contribution in [1.82, 2.24) is 10.2 Å². The summed E-state index contributed by atoms with van der Waals surface area (Å²) in [5.74, 6) is 0. The van der Waals surface area contributed by atoms with Crippen molar-refractivity contribution in [1.29, 1.82) is 5.26 Å². The molecule has 2 fully saturated rings. The third kappa shape index (κ3) is 2.87. The van der Waals surface area contributed by atoms with E-state index in [-0.39, 0.29) is 5.54 Å². The largest absolute Gasteiger partial charge is 0.300 e. The molecule has 0 spiro atoms. The van der Waals surface area contributed by atoms with Crippen LogP contribution in [0.4, 0.5) is 0 Å². The van der Waals surface area contributed by atoms with E-state index in [0.717, 1.165) is 12.8 Å². The smallest absolute Gasteiger partial charge is 0.108 e. The molecule has 0 aromatic rings. The lowest BCUT2D eigenvalue weighted by Crippen LogP contribution is -2.47. The van der Waals surface area contributed by atoms with Crippen LogP contribution in [-0.2, 0) is 0 Å². The first-order valence-electron chi connectivity index (χ1n) is 7.29. The van der Waals surface area contributed by atoms with Crippen molar-refractivity contribution in [2.45, 2.75) is 71.0 Å². The van der Waals surface area contributed by atoms with E-state index < -0.39 is 0 Å². The van der Waals surface area contributed by atoms with Crippen LogP contribution in [-0.4, -0.2) is 35.6 Å². The van der Waals surface area contributed by atoms with E-state index in [0.29, 0.717) is 17.5 Å². The van der Waals surface area contributed by atoms with Gasteiger partial charge in [-0.2, -0.15) is 5.26 Å². The van der Waals surface area contributed by atoms with E-state index in [4.69, 9.17) is 0 Å². The fraction of sp³-hybridized carbons (Fsp3) is 0.933. The van der Waals surface area contributed by atoms with E-state index in [9.17, 15) is 5.26 Å². The minimum atomic E-state index is -0.272. The molecule has 18 heavy (non-hydrogen) atoms. The predicted molar refractivity (Wildman–Crippen MR) is 74.2 cm³/mol. The number of hydrogen-bond donors (Lipinski definition) is 1. The highest BCUT2D eigenvalue weighted by Crippen LogP contribution is 2.38. The van der Waals surface area contributed by atoms with Crippen molar-refractivity contribution in [2.75, 3.05) is 13.1 Å². The van der Waals surface area contributed by atoms with Crippen LogP contribution in [0.2, 0.25) is 0 Å². The summed E-state index contributed by atoms with van der Waals surface area (Å²) in [6.45, 7) is 11.4. The van der Waals surface area contributed by atoms with Gasteiger partial charge in [0, 0.05) is 18.6 Å². The van der Waals surface area contributed by atoms with Crippen LogP contribution in [0.5, 0.6) is 0 Å².